The number of imidazole rings is 1. The Hall–Kier alpha value is -3.47. The number of aryl methyl sites for hydroxylation is 1. The van der Waals surface area contributed by atoms with Crippen molar-refractivity contribution in [3.8, 4) is 5.82 Å². The number of benzene rings is 2. The zero-order chi connectivity index (χ0) is 18.2. The number of pyridine rings is 1. The molecule has 0 saturated heterocycles. The van der Waals surface area contributed by atoms with E-state index in [4.69, 9.17) is 0 Å². The Morgan fingerprint density at radius 3 is 2.81 bits per heavy atom. The molecule has 5 heteroatoms. The lowest BCUT2D eigenvalue weighted by atomic mass is 10.1. The maximum Gasteiger partial charge on any atom is 0.251 e. The average Bonchev–Trinajstić information content (AvgIpc) is 3.32. The van der Waals surface area contributed by atoms with Gasteiger partial charge in [-0.1, -0.05) is 30.3 Å². The third-order valence-corrected chi connectivity index (χ3v) is 5.14. The molecule has 27 heavy (non-hydrogen) atoms. The van der Waals surface area contributed by atoms with Crippen molar-refractivity contribution in [1.82, 2.24) is 19.9 Å². The zero-order valence-electron chi connectivity index (χ0n) is 14.7. The predicted molar refractivity (Wildman–Crippen MR) is 104 cm³/mol. The Kier molecular flexibility index (Phi) is 3.71. The fourth-order valence-corrected chi connectivity index (χ4v) is 3.78. The van der Waals surface area contributed by atoms with Crippen LogP contribution in [0.2, 0.25) is 0 Å². The van der Waals surface area contributed by atoms with Gasteiger partial charge in [0.05, 0.1) is 17.1 Å². The van der Waals surface area contributed by atoms with Gasteiger partial charge in [0, 0.05) is 11.8 Å². The molecule has 1 N–H and O–H groups in total. The SMILES string of the molecule is O=C(NC1CCc2ccccc21)c1ccc2ncn(-c3ccccn3)c2c1. The monoisotopic (exact) mass is 354 g/mol. The Labute approximate surface area is 156 Å². The van der Waals surface area contributed by atoms with Gasteiger partial charge in [-0.25, -0.2) is 9.97 Å². The molecule has 4 aromatic rings. The smallest absolute Gasteiger partial charge is 0.251 e. The second-order valence-electron chi connectivity index (χ2n) is 6.77. The van der Waals surface area contributed by atoms with Crippen molar-refractivity contribution >= 4 is 16.9 Å². The van der Waals surface area contributed by atoms with E-state index in [9.17, 15) is 4.79 Å². The fourth-order valence-electron chi connectivity index (χ4n) is 3.78. The number of hydrogen-bond acceptors (Lipinski definition) is 3. The highest BCUT2D eigenvalue weighted by molar-refractivity contribution is 5.97. The molecule has 1 unspecified atom stereocenters. The standard InChI is InChI=1S/C22H18N4O/c27-22(25-18-10-8-15-5-1-2-6-17(15)18)16-9-11-19-20(13-16)26(14-24-19)21-7-3-4-12-23-21/h1-7,9,11-14,18H,8,10H2,(H,25,27). The molecule has 0 fully saturated rings. The Morgan fingerprint density at radius 2 is 1.93 bits per heavy atom. The van der Waals surface area contributed by atoms with E-state index in [1.165, 1.54) is 11.1 Å². The summed E-state index contributed by atoms with van der Waals surface area (Å²) in [7, 11) is 0. The number of hydrogen-bond donors (Lipinski definition) is 1. The van der Waals surface area contributed by atoms with E-state index in [-0.39, 0.29) is 11.9 Å². The molecule has 2 heterocycles. The van der Waals surface area contributed by atoms with Crippen molar-refractivity contribution in [2.45, 2.75) is 18.9 Å². The average molecular weight is 354 g/mol. The number of nitrogens with zero attached hydrogens (tertiary/aromatic N) is 3. The predicted octanol–water partition coefficient (Wildman–Crippen LogP) is 3.84. The number of fused-ring (bicyclic) bond motifs is 2. The van der Waals surface area contributed by atoms with E-state index in [2.05, 4.69) is 33.5 Å². The molecule has 0 bridgehead atoms. The van der Waals surface area contributed by atoms with E-state index in [1.54, 1.807) is 12.5 Å². The van der Waals surface area contributed by atoms with Gasteiger partial charge in [-0.3, -0.25) is 9.36 Å². The first kappa shape index (κ1) is 15.8. The maximum atomic E-state index is 12.9. The molecule has 5 nitrogen and oxygen atoms in total. The van der Waals surface area contributed by atoms with E-state index in [0.717, 1.165) is 29.7 Å². The highest BCUT2D eigenvalue weighted by Gasteiger charge is 2.24. The van der Waals surface area contributed by atoms with Gasteiger partial charge in [0.1, 0.15) is 12.1 Å². The lowest BCUT2D eigenvalue weighted by Crippen LogP contribution is -2.27. The molecule has 132 valence electrons. The van der Waals surface area contributed by atoms with Gasteiger partial charge in [-0.05, 0) is 54.3 Å². The second-order valence-corrected chi connectivity index (χ2v) is 6.77. The number of nitrogens with one attached hydrogen (secondary N) is 1. The number of rotatable bonds is 3. The number of amides is 1. The van der Waals surface area contributed by atoms with Crippen LogP contribution in [0.5, 0.6) is 0 Å². The van der Waals surface area contributed by atoms with Gasteiger partial charge in [0.15, 0.2) is 0 Å². The lowest BCUT2D eigenvalue weighted by molar-refractivity contribution is 0.0937. The van der Waals surface area contributed by atoms with Crippen LogP contribution < -0.4 is 5.32 Å². The van der Waals surface area contributed by atoms with Crippen LogP contribution in [-0.4, -0.2) is 20.4 Å². The summed E-state index contributed by atoms with van der Waals surface area (Å²) >= 11 is 0. The molecular weight excluding hydrogens is 336 g/mol. The van der Waals surface area contributed by atoms with Crippen molar-refractivity contribution in [3.63, 3.8) is 0 Å². The molecule has 2 aromatic heterocycles. The van der Waals surface area contributed by atoms with Gasteiger partial charge in [0.2, 0.25) is 0 Å². The van der Waals surface area contributed by atoms with Crippen LogP contribution in [0.3, 0.4) is 0 Å². The van der Waals surface area contributed by atoms with Gasteiger partial charge in [-0.15, -0.1) is 0 Å². The van der Waals surface area contributed by atoms with Crippen molar-refractivity contribution < 1.29 is 4.79 Å². The van der Waals surface area contributed by atoms with Crippen LogP contribution in [0.1, 0.15) is 33.9 Å². The first-order chi connectivity index (χ1) is 13.3. The Morgan fingerprint density at radius 1 is 1.04 bits per heavy atom. The van der Waals surface area contributed by atoms with E-state index < -0.39 is 0 Å². The molecule has 1 aliphatic rings. The first-order valence-corrected chi connectivity index (χ1v) is 9.07. The number of aromatic nitrogens is 3. The molecule has 0 radical (unpaired) electrons. The van der Waals surface area contributed by atoms with Crippen LogP contribution in [0, 0.1) is 0 Å². The van der Waals surface area contributed by atoms with Crippen molar-refractivity contribution in [2.24, 2.45) is 0 Å². The minimum Gasteiger partial charge on any atom is -0.345 e. The molecule has 5 rings (SSSR count). The van der Waals surface area contributed by atoms with Crippen molar-refractivity contribution in [3.05, 3.63) is 89.9 Å². The summed E-state index contributed by atoms with van der Waals surface area (Å²) in [4.78, 5) is 21.7. The lowest BCUT2D eigenvalue weighted by Gasteiger charge is -2.14. The fraction of sp³-hybridized carbons (Fsp3) is 0.136. The van der Waals surface area contributed by atoms with Crippen LogP contribution in [0.15, 0.2) is 73.2 Å². The maximum absolute atomic E-state index is 12.9. The van der Waals surface area contributed by atoms with Gasteiger partial charge in [0.25, 0.3) is 5.91 Å². The quantitative estimate of drug-likeness (QED) is 0.608. The first-order valence-electron chi connectivity index (χ1n) is 9.07. The molecule has 2 aromatic carbocycles. The summed E-state index contributed by atoms with van der Waals surface area (Å²) in [6, 6.07) is 19.7. The van der Waals surface area contributed by atoms with Gasteiger partial charge >= 0.3 is 0 Å². The summed E-state index contributed by atoms with van der Waals surface area (Å²) in [6.07, 6.45) is 5.43. The summed E-state index contributed by atoms with van der Waals surface area (Å²) in [6.45, 7) is 0. The molecule has 0 spiro atoms. The van der Waals surface area contributed by atoms with Crippen molar-refractivity contribution in [2.75, 3.05) is 0 Å². The van der Waals surface area contributed by atoms with Gasteiger partial charge < -0.3 is 5.32 Å². The minimum atomic E-state index is -0.0626. The van der Waals surface area contributed by atoms with Crippen LogP contribution in [-0.2, 0) is 6.42 Å². The summed E-state index contributed by atoms with van der Waals surface area (Å²) in [5.74, 6) is 0.717. The summed E-state index contributed by atoms with van der Waals surface area (Å²) in [5, 5.41) is 3.18. The summed E-state index contributed by atoms with van der Waals surface area (Å²) < 4.78 is 1.90. The van der Waals surface area contributed by atoms with Crippen LogP contribution in [0.25, 0.3) is 16.9 Å². The highest BCUT2D eigenvalue weighted by Crippen LogP contribution is 2.31. The van der Waals surface area contributed by atoms with Crippen LogP contribution in [0.4, 0.5) is 0 Å². The largest absolute Gasteiger partial charge is 0.345 e. The topological polar surface area (TPSA) is 59.8 Å². The molecule has 1 aliphatic carbocycles. The number of carbonyl (C=O) groups excluding carboxylic acids is 1. The zero-order valence-corrected chi connectivity index (χ0v) is 14.7. The molecular formula is C22H18N4O. The van der Waals surface area contributed by atoms with E-state index in [1.807, 2.05) is 47.0 Å². The Bertz CT molecular complexity index is 1130. The molecule has 1 amide bonds. The second kappa shape index (κ2) is 6.36. The molecule has 1 atom stereocenters. The van der Waals surface area contributed by atoms with E-state index >= 15 is 0 Å². The molecule has 0 saturated carbocycles. The summed E-state index contributed by atoms with van der Waals surface area (Å²) in [5.41, 5.74) is 4.89. The third kappa shape index (κ3) is 2.77. The van der Waals surface area contributed by atoms with E-state index in [0.29, 0.717) is 5.56 Å². The normalized spacial score (nSPS) is 15.6. The van der Waals surface area contributed by atoms with Crippen LogP contribution >= 0.6 is 0 Å². The molecule has 0 aliphatic heterocycles. The minimum absolute atomic E-state index is 0.0626. The van der Waals surface area contributed by atoms with Gasteiger partial charge in [-0.2, -0.15) is 0 Å². The van der Waals surface area contributed by atoms with Crippen molar-refractivity contribution in [1.29, 1.82) is 0 Å². The third-order valence-electron chi connectivity index (χ3n) is 5.14. The highest BCUT2D eigenvalue weighted by atomic mass is 16.1. The Balaban J connectivity index is 1.46. The number of carbonyl (C=O) groups is 1.